The third-order valence-electron chi connectivity index (χ3n) is 2.05. The molecule has 0 spiro atoms. The Kier molecular flexibility index (Phi) is 3.47. The number of halogens is 1. The fourth-order valence-electron chi connectivity index (χ4n) is 1.39. The lowest BCUT2D eigenvalue weighted by atomic mass is 10.1. The summed E-state index contributed by atoms with van der Waals surface area (Å²) in [7, 11) is 1.90. The highest BCUT2D eigenvalue weighted by molar-refractivity contribution is 5.58. The third kappa shape index (κ3) is 2.23. The van der Waals surface area contributed by atoms with E-state index < -0.39 is 0 Å². The zero-order chi connectivity index (χ0) is 10.6. The molecule has 2 nitrogen and oxygen atoms in total. The Morgan fingerprint density at radius 3 is 2.79 bits per heavy atom. The third-order valence-corrected chi connectivity index (χ3v) is 2.05. The number of nitrogens with zero attached hydrogens (tertiary/aromatic N) is 2. The van der Waals surface area contributed by atoms with Crippen LogP contribution >= 0.6 is 0 Å². The number of benzene rings is 1. The SMILES string of the molecule is CCCN(C)c1ccc(F)cc1C#N. The van der Waals surface area contributed by atoms with E-state index in [1.165, 1.54) is 12.1 Å². The molecule has 0 unspecified atom stereocenters. The fourth-order valence-corrected chi connectivity index (χ4v) is 1.39. The Labute approximate surface area is 83.6 Å². The molecule has 1 aromatic carbocycles. The average Bonchev–Trinajstić information content (AvgIpc) is 2.17. The molecule has 74 valence electrons. The van der Waals surface area contributed by atoms with Gasteiger partial charge in [-0.25, -0.2) is 4.39 Å². The maximum atomic E-state index is 12.8. The first kappa shape index (κ1) is 10.5. The van der Waals surface area contributed by atoms with Crippen molar-refractivity contribution in [2.45, 2.75) is 13.3 Å². The van der Waals surface area contributed by atoms with E-state index >= 15 is 0 Å². The maximum absolute atomic E-state index is 12.8. The largest absolute Gasteiger partial charge is 0.374 e. The predicted molar refractivity (Wildman–Crippen MR) is 54.7 cm³/mol. The van der Waals surface area contributed by atoms with Gasteiger partial charge in [-0.15, -0.1) is 0 Å². The van der Waals surface area contributed by atoms with E-state index in [1.807, 2.05) is 18.0 Å². The predicted octanol–water partition coefficient (Wildman–Crippen LogP) is 2.54. The van der Waals surface area contributed by atoms with Crippen molar-refractivity contribution in [3.8, 4) is 6.07 Å². The molecule has 0 aromatic heterocycles. The van der Waals surface area contributed by atoms with E-state index in [0.29, 0.717) is 5.56 Å². The molecular formula is C11H13FN2. The second kappa shape index (κ2) is 4.61. The number of rotatable bonds is 3. The summed E-state index contributed by atoms with van der Waals surface area (Å²) in [6.45, 7) is 2.92. The molecule has 0 saturated heterocycles. The van der Waals surface area contributed by atoms with Gasteiger partial charge in [0, 0.05) is 13.6 Å². The van der Waals surface area contributed by atoms with Crippen molar-refractivity contribution in [3.05, 3.63) is 29.6 Å². The van der Waals surface area contributed by atoms with Crippen LogP contribution < -0.4 is 4.90 Å². The van der Waals surface area contributed by atoms with Gasteiger partial charge < -0.3 is 4.90 Å². The van der Waals surface area contributed by atoms with Gasteiger partial charge in [-0.3, -0.25) is 0 Å². The lowest BCUT2D eigenvalue weighted by molar-refractivity contribution is 0.627. The lowest BCUT2D eigenvalue weighted by Gasteiger charge is -2.19. The first-order chi connectivity index (χ1) is 6.69. The van der Waals surface area contributed by atoms with E-state index in [9.17, 15) is 4.39 Å². The van der Waals surface area contributed by atoms with Gasteiger partial charge in [0.1, 0.15) is 11.9 Å². The minimum Gasteiger partial charge on any atom is -0.374 e. The highest BCUT2D eigenvalue weighted by atomic mass is 19.1. The van der Waals surface area contributed by atoms with Crippen molar-refractivity contribution in [3.63, 3.8) is 0 Å². The van der Waals surface area contributed by atoms with Crippen LogP contribution in [0, 0.1) is 17.1 Å². The van der Waals surface area contributed by atoms with Crippen LogP contribution in [0.15, 0.2) is 18.2 Å². The molecule has 14 heavy (non-hydrogen) atoms. The molecule has 0 aliphatic rings. The molecule has 3 heteroatoms. The van der Waals surface area contributed by atoms with Crippen LogP contribution in [0.1, 0.15) is 18.9 Å². The van der Waals surface area contributed by atoms with Crippen LogP contribution in [0.5, 0.6) is 0 Å². The van der Waals surface area contributed by atoms with Crippen molar-refractivity contribution in [1.82, 2.24) is 0 Å². The number of hydrogen-bond acceptors (Lipinski definition) is 2. The maximum Gasteiger partial charge on any atom is 0.124 e. The monoisotopic (exact) mass is 192 g/mol. The normalized spacial score (nSPS) is 9.57. The molecule has 0 radical (unpaired) electrons. The van der Waals surface area contributed by atoms with E-state index in [2.05, 4.69) is 6.92 Å². The first-order valence-electron chi connectivity index (χ1n) is 4.59. The van der Waals surface area contributed by atoms with Gasteiger partial charge in [0.05, 0.1) is 11.3 Å². The molecule has 0 heterocycles. The molecule has 0 saturated carbocycles. The highest BCUT2D eigenvalue weighted by Gasteiger charge is 2.07. The first-order valence-corrected chi connectivity index (χ1v) is 4.59. The summed E-state index contributed by atoms with van der Waals surface area (Å²) in [6, 6.07) is 6.28. The van der Waals surface area contributed by atoms with E-state index in [0.717, 1.165) is 18.7 Å². The summed E-state index contributed by atoms with van der Waals surface area (Å²) in [4.78, 5) is 1.96. The van der Waals surface area contributed by atoms with Crippen LogP contribution in [0.25, 0.3) is 0 Å². The minimum absolute atomic E-state index is 0.366. The fraction of sp³-hybridized carbons (Fsp3) is 0.364. The van der Waals surface area contributed by atoms with Crippen molar-refractivity contribution >= 4 is 5.69 Å². The lowest BCUT2D eigenvalue weighted by Crippen LogP contribution is -2.18. The Hall–Kier alpha value is -1.56. The van der Waals surface area contributed by atoms with E-state index in [1.54, 1.807) is 6.07 Å². The van der Waals surface area contributed by atoms with Crippen molar-refractivity contribution < 1.29 is 4.39 Å². The molecule has 0 fully saturated rings. The van der Waals surface area contributed by atoms with Crippen LogP contribution in [-0.4, -0.2) is 13.6 Å². The van der Waals surface area contributed by atoms with Gasteiger partial charge in [-0.2, -0.15) is 5.26 Å². The second-order valence-electron chi connectivity index (χ2n) is 3.19. The van der Waals surface area contributed by atoms with Crippen LogP contribution in [0.2, 0.25) is 0 Å². The molecule has 0 bridgehead atoms. The van der Waals surface area contributed by atoms with Crippen molar-refractivity contribution in [2.75, 3.05) is 18.5 Å². The summed E-state index contributed by atoms with van der Waals surface area (Å²) in [6.07, 6.45) is 0.999. The molecule has 0 aliphatic carbocycles. The molecule has 1 rings (SSSR count). The summed E-state index contributed by atoms with van der Waals surface area (Å²) >= 11 is 0. The molecular weight excluding hydrogens is 179 g/mol. The summed E-state index contributed by atoms with van der Waals surface area (Å²) in [5.74, 6) is -0.366. The zero-order valence-corrected chi connectivity index (χ0v) is 8.42. The smallest absolute Gasteiger partial charge is 0.124 e. The quantitative estimate of drug-likeness (QED) is 0.735. The minimum atomic E-state index is -0.366. The zero-order valence-electron chi connectivity index (χ0n) is 8.42. The molecule has 0 aliphatic heterocycles. The Balaban J connectivity index is 3.03. The van der Waals surface area contributed by atoms with Gasteiger partial charge in [0.25, 0.3) is 0 Å². The van der Waals surface area contributed by atoms with Crippen LogP contribution in [0.4, 0.5) is 10.1 Å². The van der Waals surface area contributed by atoms with Gasteiger partial charge >= 0.3 is 0 Å². The number of nitriles is 1. The second-order valence-corrected chi connectivity index (χ2v) is 3.19. The molecule has 0 amide bonds. The summed E-state index contributed by atoms with van der Waals surface area (Å²) in [5, 5.41) is 8.82. The Morgan fingerprint density at radius 1 is 1.50 bits per heavy atom. The van der Waals surface area contributed by atoms with E-state index in [4.69, 9.17) is 5.26 Å². The molecule has 0 atom stereocenters. The van der Waals surface area contributed by atoms with Gasteiger partial charge in [0.2, 0.25) is 0 Å². The van der Waals surface area contributed by atoms with Crippen LogP contribution in [-0.2, 0) is 0 Å². The molecule has 0 N–H and O–H groups in total. The van der Waals surface area contributed by atoms with E-state index in [-0.39, 0.29) is 5.82 Å². The molecule has 1 aromatic rings. The highest BCUT2D eigenvalue weighted by Crippen LogP contribution is 2.19. The van der Waals surface area contributed by atoms with Crippen molar-refractivity contribution in [2.24, 2.45) is 0 Å². The van der Waals surface area contributed by atoms with Crippen molar-refractivity contribution in [1.29, 1.82) is 5.26 Å². The number of anilines is 1. The topological polar surface area (TPSA) is 27.0 Å². The van der Waals surface area contributed by atoms with Gasteiger partial charge in [-0.05, 0) is 24.6 Å². The average molecular weight is 192 g/mol. The summed E-state index contributed by atoms with van der Waals surface area (Å²) in [5.41, 5.74) is 1.18. The van der Waals surface area contributed by atoms with Crippen LogP contribution in [0.3, 0.4) is 0 Å². The number of hydrogen-bond donors (Lipinski definition) is 0. The Bertz CT molecular complexity index is 355. The standard InChI is InChI=1S/C11H13FN2/c1-3-6-14(2)11-5-4-10(12)7-9(11)8-13/h4-5,7H,3,6H2,1-2H3. The van der Waals surface area contributed by atoms with Gasteiger partial charge in [0.15, 0.2) is 0 Å². The van der Waals surface area contributed by atoms with Gasteiger partial charge in [-0.1, -0.05) is 6.92 Å². The summed E-state index contributed by atoms with van der Waals surface area (Å²) < 4.78 is 12.8. The Morgan fingerprint density at radius 2 is 2.21 bits per heavy atom.